The molecule has 0 radical (unpaired) electrons. The minimum absolute atomic E-state index is 0.208. The van der Waals surface area contributed by atoms with Crippen molar-refractivity contribution in [1.82, 2.24) is 15.0 Å². The fourth-order valence-electron chi connectivity index (χ4n) is 3.41. The number of para-hydroxylation sites is 1. The molecule has 1 aromatic carbocycles. The van der Waals surface area contributed by atoms with Crippen molar-refractivity contribution in [2.75, 3.05) is 44.0 Å². The van der Waals surface area contributed by atoms with Crippen LogP contribution in [-0.2, 0) is 4.74 Å². The molecule has 2 heterocycles. The minimum atomic E-state index is 0.208. The van der Waals surface area contributed by atoms with Crippen molar-refractivity contribution in [3.8, 4) is 10.6 Å². The molecule has 2 aromatic heterocycles. The number of aryl methyl sites for hydroxylation is 1. The standard InChI is InChI=1S/C23H33N5O2S/c1-4-17(15-29)11-13-24-21-20(22-27-18-9-5-6-10-19(18)31-22)16(2)26-23(28-21)25-12-7-8-14-30-3/h5-6,9-10,17,29H,4,7-8,11-15H2,1-3H3,(H2,24,25,26,28). The summed E-state index contributed by atoms with van der Waals surface area (Å²) >= 11 is 1.65. The Morgan fingerprint density at radius 2 is 1.94 bits per heavy atom. The number of methoxy groups -OCH3 is 1. The summed E-state index contributed by atoms with van der Waals surface area (Å²) in [5.74, 6) is 1.70. The third kappa shape index (κ3) is 6.35. The number of hydrogen-bond acceptors (Lipinski definition) is 8. The predicted molar refractivity (Wildman–Crippen MR) is 129 cm³/mol. The molecule has 3 aromatic rings. The third-order valence-corrected chi connectivity index (χ3v) is 6.39. The monoisotopic (exact) mass is 443 g/mol. The van der Waals surface area contributed by atoms with Gasteiger partial charge in [0.05, 0.1) is 21.5 Å². The van der Waals surface area contributed by atoms with Gasteiger partial charge in [-0.25, -0.2) is 9.97 Å². The van der Waals surface area contributed by atoms with Gasteiger partial charge in [-0.15, -0.1) is 11.3 Å². The van der Waals surface area contributed by atoms with Gasteiger partial charge in [-0.1, -0.05) is 25.5 Å². The van der Waals surface area contributed by atoms with Gasteiger partial charge in [0.15, 0.2) is 0 Å². The van der Waals surface area contributed by atoms with Crippen LogP contribution in [0.2, 0.25) is 0 Å². The largest absolute Gasteiger partial charge is 0.396 e. The molecular weight excluding hydrogens is 410 g/mol. The molecule has 31 heavy (non-hydrogen) atoms. The second kappa shape index (κ2) is 11.9. The van der Waals surface area contributed by atoms with E-state index in [1.165, 1.54) is 0 Å². The van der Waals surface area contributed by atoms with Gasteiger partial charge in [0.1, 0.15) is 10.8 Å². The third-order valence-electron chi connectivity index (χ3n) is 5.34. The molecule has 0 saturated carbocycles. The summed E-state index contributed by atoms with van der Waals surface area (Å²) in [7, 11) is 1.72. The molecule has 7 nitrogen and oxygen atoms in total. The smallest absolute Gasteiger partial charge is 0.224 e. The Labute approximate surface area is 188 Å². The zero-order valence-corrected chi connectivity index (χ0v) is 19.5. The number of thiazole rings is 1. The van der Waals surface area contributed by atoms with Crippen molar-refractivity contribution in [3.05, 3.63) is 30.0 Å². The van der Waals surface area contributed by atoms with Gasteiger partial charge in [-0.2, -0.15) is 4.98 Å². The first-order valence-corrected chi connectivity index (χ1v) is 11.8. The first kappa shape index (κ1) is 23.4. The summed E-state index contributed by atoms with van der Waals surface area (Å²) in [6.45, 7) is 6.61. The van der Waals surface area contributed by atoms with Crippen molar-refractivity contribution in [3.63, 3.8) is 0 Å². The number of aromatic nitrogens is 3. The summed E-state index contributed by atoms with van der Waals surface area (Å²) in [5, 5.41) is 17.2. The summed E-state index contributed by atoms with van der Waals surface area (Å²) in [6, 6.07) is 8.15. The number of aliphatic hydroxyl groups is 1. The second-order valence-corrected chi connectivity index (χ2v) is 8.67. The SMILES string of the molecule is CCC(CO)CCNc1nc(NCCCCOC)nc(C)c1-c1nc2ccccc2s1. The zero-order valence-electron chi connectivity index (χ0n) is 18.6. The zero-order chi connectivity index (χ0) is 22.1. The first-order valence-electron chi connectivity index (χ1n) is 11.0. The molecule has 3 rings (SSSR count). The Hall–Kier alpha value is -2.29. The molecule has 0 aliphatic heterocycles. The highest BCUT2D eigenvalue weighted by Crippen LogP contribution is 2.36. The van der Waals surface area contributed by atoms with E-state index in [9.17, 15) is 5.11 Å². The first-order chi connectivity index (χ1) is 15.2. The molecule has 1 unspecified atom stereocenters. The van der Waals surface area contributed by atoms with Gasteiger partial charge in [-0.3, -0.25) is 0 Å². The van der Waals surface area contributed by atoms with Crippen LogP contribution in [0.1, 0.15) is 38.3 Å². The highest BCUT2D eigenvalue weighted by Gasteiger charge is 2.18. The van der Waals surface area contributed by atoms with Gasteiger partial charge in [0.25, 0.3) is 0 Å². The maximum atomic E-state index is 9.50. The van der Waals surface area contributed by atoms with Crippen LogP contribution in [0.4, 0.5) is 11.8 Å². The van der Waals surface area contributed by atoms with E-state index >= 15 is 0 Å². The van der Waals surface area contributed by atoms with Crippen LogP contribution in [0.3, 0.4) is 0 Å². The number of benzene rings is 1. The summed E-state index contributed by atoms with van der Waals surface area (Å²) in [5.41, 5.74) is 2.83. The highest BCUT2D eigenvalue weighted by molar-refractivity contribution is 7.21. The quantitative estimate of drug-likeness (QED) is 0.329. The van der Waals surface area contributed by atoms with E-state index in [0.29, 0.717) is 11.9 Å². The summed E-state index contributed by atoms with van der Waals surface area (Å²) in [6.07, 6.45) is 3.83. The van der Waals surface area contributed by atoms with Crippen molar-refractivity contribution >= 4 is 33.3 Å². The van der Waals surface area contributed by atoms with Gasteiger partial charge in [0.2, 0.25) is 5.95 Å². The molecule has 0 fully saturated rings. The van der Waals surface area contributed by atoms with Crippen LogP contribution < -0.4 is 10.6 Å². The average molecular weight is 444 g/mol. The topological polar surface area (TPSA) is 92.2 Å². The number of nitrogens with one attached hydrogen (secondary N) is 2. The fraction of sp³-hybridized carbons (Fsp3) is 0.522. The van der Waals surface area contributed by atoms with Crippen molar-refractivity contribution in [2.24, 2.45) is 5.92 Å². The second-order valence-electron chi connectivity index (χ2n) is 7.64. The lowest BCUT2D eigenvalue weighted by Crippen LogP contribution is -2.15. The Balaban J connectivity index is 1.84. The van der Waals surface area contributed by atoms with Gasteiger partial charge in [0, 0.05) is 33.4 Å². The summed E-state index contributed by atoms with van der Waals surface area (Å²) in [4.78, 5) is 14.3. The molecule has 8 heteroatoms. The molecule has 0 amide bonds. The number of rotatable bonds is 13. The molecule has 0 saturated heterocycles. The molecular formula is C23H33N5O2S. The lowest BCUT2D eigenvalue weighted by atomic mass is 10.0. The van der Waals surface area contributed by atoms with Crippen LogP contribution in [0, 0.1) is 12.8 Å². The number of anilines is 2. The lowest BCUT2D eigenvalue weighted by molar-refractivity contribution is 0.193. The van der Waals surface area contributed by atoms with Gasteiger partial charge < -0.3 is 20.5 Å². The molecule has 0 aliphatic rings. The number of fused-ring (bicyclic) bond motifs is 1. The van der Waals surface area contributed by atoms with Crippen molar-refractivity contribution in [2.45, 2.75) is 39.5 Å². The number of ether oxygens (including phenoxy) is 1. The Morgan fingerprint density at radius 3 is 2.68 bits per heavy atom. The van der Waals surface area contributed by atoms with E-state index in [2.05, 4.69) is 23.6 Å². The Morgan fingerprint density at radius 1 is 1.10 bits per heavy atom. The lowest BCUT2D eigenvalue weighted by Gasteiger charge is -2.16. The fourth-order valence-corrected chi connectivity index (χ4v) is 4.47. The van der Waals surface area contributed by atoms with Gasteiger partial charge in [-0.05, 0) is 44.2 Å². The van der Waals surface area contributed by atoms with E-state index < -0.39 is 0 Å². The maximum absolute atomic E-state index is 9.50. The van der Waals surface area contributed by atoms with E-state index in [-0.39, 0.29) is 6.61 Å². The van der Waals surface area contributed by atoms with Crippen LogP contribution in [0.5, 0.6) is 0 Å². The molecule has 1 atom stereocenters. The van der Waals surface area contributed by atoms with E-state index in [1.54, 1.807) is 18.4 Å². The van der Waals surface area contributed by atoms with Crippen LogP contribution in [0.25, 0.3) is 20.8 Å². The van der Waals surface area contributed by atoms with E-state index in [1.807, 2.05) is 25.1 Å². The van der Waals surface area contributed by atoms with Crippen LogP contribution in [-0.4, -0.2) is 53.5 Å². The highest BCUT2D eigenvalue weighted by atomic mass is 32.1. The Bertz CT molecular complexity index is 925. The summed E-state index contributed by atoms with van der Waals surface area (Å²) < 4.78 is 6.26. The molecule has 0 aliphatic carbocycles. The average Bonchev–Trinajstić information content (AvgIpc) is 3.20. The van der Waals surface area contributed by atoms with E-state index in [0.717, 1.165) is 77.7 Å². The number of hydrogen-bond donors (Lipinski definition) is 3. The van der Waals surface area contributed by atoms with Crippen molar-refractivity contribution in [1.29, 1.82) is 0 Å². The predicted octanol–water partition coefficient (Wildman–Crippen LogP) is 4.72. The number of aliphatic hydroxyl groups excluding tert-OH is 1. The number of unbranched alkanes of at least 4 members (excludes halogenated alkanes) is 1. The normalized spacial score (nSPS) is 12.3. The molecule has 0 spiro atoms. The molecule has 168 valence electrons. The van der Waals surface area contributed by atoms with Crippen LogP contribution >= 0.6 is 11.3 Å². The van der Waals surface area contributed by atoms with E-state index in [4.69, 9.17) is 19.7 Å². The molecule has 0 bridgehead atoms. The van der Waals surface area contributed by atoms with Gasteiger partial charge >= 0.3 is 0 Å². The maximum Gasteiger partial charge on any atom is 0.224 e. The minimum Gasteiger partial charge on any atom is -0.396 e. The van der Waals surface area contributed by atoms with Crippen molar-refractivity contribution < 1.29 is 9.84 Å². The van der Waals surface area contributed by atoms with Crippen LogP contribution in [0.15, 0.2) is 24.3 Å². The number of nitrogens with zero attached hydrogens (tertiary/aromatic N) is 3. The Kier molecular flexibility index (Phi) is 8.99. The molecule has 3 N–H and O–H groups in total.